The normalized spacial score (nSPS) is 12.8. The fraction of sp³-hybridized carbons (Fsp3) is 0.474. The minimum atomic E-state index is -1.07. The molecule has 0 aliphatic carbocycles. The van der Waals surface area contributed by atoms with Gasteiger partial charge < -0.3 is 41.1 Å². The highest BCUT2D eigenvalue weighted by Gasteiger charge is 2.28. The molecule has 18 heteroatoms. The summed E-state index contributed by atoms with van der Waals surface area (Å²) in [6.45, 7) is 0.188. The number of benzene rings is 2. The van der Waals surface area contributed by atoms with Crippen molar-refractivity contribution in [1.82, 2.24) is 36.0 Å². The van der Waals surface area contributed by atoms with Gasteiger partial charge in [-0.2, -0.15) is 0 Å². The molecular formula is C38H51BN8O9. The number of imide groups is 1. The van der Waals surface area contributed by atoms with Gasteiger partial charge in [-0.1, -0.05) is 48.9 Å². The van der Waals surface area contributed by atoms with Crippen LogP contribution in [-0.4, -0.2) is 136 Å². The number of anilines is 1. The summed E-state index contributed by atoms with van der Waals surface area (Å²) < 4.78 is 5.35. The number of likely N-dealkylation sites (tertiary alicyclic amines) is 1. The monoisotopic (exact) mass is 774 g/mol. The predicted molar refractivity (Wildman–Crippen MR) is 207 cm³/mol. The topological polar surface area (TPSA) is 216 Å². The maximum Gasteiger partial charge on any atom is 0.409 e. The van der Waals surface area contributed by atoms with Crippen LogP contribution in [0.3, 0.4) is 0 Å². The summed E-state index contributed by atoms with van der Waals surface area (Å²) in [5.74, 6) is -3.11. The van der Waals surface area contributed by atoms with Crippen molar-refractivity contribution < 1.29 is 43.1 Å². The van der Waals surface area contributed by atoms with E-state index in [2.05, 4.69) is 26.6 Å². The molecule has 17 nitrogen and oxygen atoms in total. The van der Waals surface area contributed by atoms with E-state index in [-0.39, 0.29) is 63.0 Å². The van der Waals surface area contributed by atoms with Crippen LogP contribution in [0.5, 0.6) is 0 Å². The van der Waals surface area contributed by atoms with E-state index in [0.29, 0.717) is 50.1 Å². The largest absolute Gasteiger partial charge is 0.445 e. The van der Waals surface area contributed by atoms with Crippen LogP contribution in [0.4, 0.5) is 10.5 Å². The number of nitrogens with zero attached hydrogens (tertiary/aromatic N) is 3. The lowest BCUT2D eigenvalue weighted by atomic mass is 10.1. The summed E-state index contributed by atoms with van der Waals surface area (Å²) in [6, 6.07) is 14.5. The maximum atomic E-state index is 13.2. The van der Waals surface area contributed by atoms with E-state index in [4.69, 9.17) is 12.6 Å². The third kappa shape index (κ3) is 16.7. The molecule has 2 aromatic carbocycles. The summed E-state index contributed by atoms with van der Waals surface area (Å²) in [7, 11) is 9.44. The quantitative estimate of drug-likeness (QED) is 0.0581. The van der Waals surface area contributed by atoms with Crippen LogP contribution in [0.25, 0.3) is 0 Å². The molecule has 2 aromatic rings. The molecule has 0 aromatic heterocycles. The molecule has 1 heterocycles. The van der Waals surface area contributed by atoms with E-state index >= 15 is 0 Å². The molecule has 1 fully saturated rings. The maximum absolute atomic E-state index is 13.2. The number of carbonyl (C=O) groups excluding carboxylic acids is 8. The first kappa shape index (κ1) is 44.6. The van der Waals surface area contributed by atoms with Gasteiger partial charge in [0.05, 0.1) is 27.5 Å². The van der Waals surface area contributed by atoms with Gasteiger partial charge in [0, 0.05) is 51.0 Å². The Bertz CT molecular complexity index is 1640. The highest BCUT2D eigenvalue weighted by atomic mass is 16.6. The first-order valence-electron chi connectivity index (χ1n) is 18.5. The number of carbonyl (C=O) groups is 8. The van der Waals surface area contributed by atoms with Gasteiger partial charge in [-0.15, -0.1) is 0 Å². The molecule has 5 N–H and O–H groups in total. The van der Waals surface area contributed by atoms with Crippen LogP contribution < -0.4 is 26.6 Å². The van der Waals surface area contributed by atoms with Crippen molar-refractivity contribution in [3.63, 3.8) is 0 Å². The minimum absolute atomic E-state index is 0.00777. The fourth-order valence-corrected chi connectivity index (χ4v) is 5.41. The molecule has 0 bridgehead atoms. The van der Waals surface area contributed by atoms with Gasteiger partial charge in [-0.25, -0.2) is 4.79 Å². The summed E-state index contributed by atoms with van der Waals surface area (Å²) in [4.78, 5) is 103. The molecule has 56 heavy (non-hydrogen) atoms. The lowest BCUT2D eigenvalue weighted by Gasteiger charge is -2.22. The lowest BCUT2D eigenvalue weighted by Crippen LogP contribution is -2.52. The zero-order chi connectivity index (χ0) is 40.9. The molecule has 1 atom stereocenters. The number of ether oxygens (including phenoxy) is 1. The summed E-state index contributed by atoms with van der Waals surface area (Å²) in [6.07, 6.45) is 1.96. The average Bonchev–Trinajstić information content (AvgIpc) is 3.50. The highest BCUT2D eigenvalue weighted by molar-refractivity contribution is 6.09. The van der Waals surface area contributed by atoms with Gasteiger partial charge in [-0.05, 0) is 56.6 Å². The number of likely N-dealkylation sites (N-methyl/N-ethyl adjacent to an activating group) is 1. The molecule has 3 rings (SSSR count). The van der Waals surface area contributed by atoms with Crippen molar-refractivity contribution in [1.29, 1.82) is 0 Å². The second-order valence-electron chi connectivity index (χ2n) is 13.4. The Hall–Kier alpha value is -5.78. The van der Waals surface area contributed by atoms with E-state index in [9.17, 15) is 38.4 Å². The number of amides is 8. The van der Waals surface area contributed by atoms with Gasteiger partial charge in [0.2, 0.25) is 41.4 Å². The number of hydrogen-bond donors (Lipinski definition) is 5. The van der Waals surface area contributed by atoms with Crippen LogP contribution in [0.1, 0.15) is 49.7 Å². The van der Waals surface area contributed by atoms with Crippen molar-refractivity contribution in [2.75, 3.05) is 65.1 Å². The van der Waals surface area contributed by atoms with Gasteiger partial charge in [0.15, 0.2) is 0 Å². The molecule has 0 saturated carbocycles. The van der Waals surface area contributed by atoms with Crippen molar-refractivity contribution in [2.45, 2.75) is 57.6 Å². The Balaban J connectivity index is 1.38. The van der Waals surface area contributed by atoms with E-state index in [1.165, 1.54) is 9.80 Å². The van der Waals surface area contributed by atoms with E-state index in [1.807, 2.05) is 19.0 Å². The third-order valence-electron chi connectivity index (χ3n) is 8.59. The van der Waals surface area contributed by atoms with E-state index in [1.54, 1.807) is 54.6 Å². The van der Waals surface area contributed by atoms with Crippen molar-refractivity contribution in [3.8, 4) is 0 Å². The zero-order valence-corrected chi connectivity index (χ0v) is 32.0. The third-order valence-corrected chi connectivity index (χ3v) is 8.59. The predicted octanol–water partition coefficient (Wildman–Crippen LogP) is 0.0368. The fourth-order valence-electron chi connectivity index (χ4n) is 5.41. The summed E-state index contributed by atoms with van der Waals surface area (Å²) >= 11 is 0. The van der Waals surface area contributed by atoms with Gasteiger partial charge in [0.1, 0.15) is 12.6 Å². The van der Waals surface area contributed by atoms with E-state index < -0.39 is 48.9 Å². The van der Waals surface area contributed by atoms with Crippen LogP contribution in [0.15, 0.2) is 54.6 Å². The average molecular weight is 775 g/mol. The lowest BCUT2D eigenvalue weighted by molar-refractivity contribution is -0.138. The van der Waals surface area contributed by atoms with Crippen LogP contribution >= 0.6 is 0 Å². The molecule has 2 radical (unpaired) electrons. The Labute approximate surface area is 328 Å². The highest BCUT2D eigenvalue weighted by Crippen LogP contribution is 2.14. The van der Waals surface area contributed by atoms with Gasteiger partial charge in [-0.3, -0.25) is 38.5 Å². The number of rotatable bonds is 23. The Morgan fingerprint density at radius 1 is 0.750 bits per heavy atom. The minimum Gasteiger partial charge on any atom is -0.445 e. The smallest absolute Gasteiger partial charge is 0.409 e. The second kappa shape index (κ2) is 23.9. The molecule has 1 aliphatic heterocycles. The Morgan fingerprint density at radius 2 is 1.39 bits per heavy atom. The number of hydrogen-bond acceptors (Lipinski definition) is 10. The second-order valence-corrected chi connectivity index (χ2v) is 13.4. The molecule has 8 amide bonds. The first-order chi connectivity index (χ1) is 26.8. The standard InChI is InChI=1S/C38H51BN8O9/c1-45(2)19-20-46(26-39)38(55)56-25-28-12-14-29(15-13-28)43-33(50)24-42-37(54)30(21-27-9-5-3-6-10-27)44-34(51)23-41-32(49)22-40-31(48)11-7-4-8-18-47-35(52)16-17-36(47)53/h3,5-6,9-10,12-15,30H,4,7-8,11,16-26H2,1-2H3,(H,40,48)(H,41,49)(H,42,54)(H,43,50)(H,44,51)/t30-/m0/s1. The van der Waals surface area contributed by atoms with Crippen LogP contribution in [0.2, 0.25) is 0 Å². The Kier molecular flexibility index (Phi) is 19.0. The van der Waals surface area contributed by atoms with E-state index in [0.717, 1.165) is 5.56 Å². The molecule has 0 spiro atoms. The molecule has 1 aliphatic rings. The summed E-state index contributed by atoms with van der Waals surface area (Å²) in [5.41, 5.74) is 1.88. The SMILES string of the molecule is [B]CN(CCN(C)C)C(=O)OCc1ccc(NC(=O)CNC(=O)[C@H](Cc2ccccc2)NC(=O)CNC(=O)CNC(=O)CCCCCN2C(=O)CCC2=O)cc1. The van der Waals surface area contributed by atoms with Crippen LogP contribution in [-0.2, 0) is 51.3 Å². The zero-order valence-electron chi connectivity index (χ0n) is 32.0. The van der Waals surface area contributed by atoms with Crippen molar-refractivity contribution in [3.05, 3.63) is 65.7 Å². The number of unbranched alkanes of at least 4 members (excludes halogenated alkanes) is 2. The van der Waals surface area contributed by atoms with Gasteiger partial charge >= 0.3 is 6.09 Å². The van der Waals surface area contributed by atoms with Gasteiger partial charge in [0.25, 0.3) is 0 Å². The van der Waals surface area contributed by atoms with Crippen LogP contribution in [0, 0.1) is 0 Å². The van der Waals surface area contributed by atoms with Crippen molar-refractivity contribution >= 4 is 61.0 Å². The molecule has 1 saturated heterocycles. The summed E-state index contributed by atoms with van der Waals surface area (Å²) in [5, 5.41) is 12.7. The molecule has 0 unspecified atom stereocenters. The number of nitrogens with one attached hydrogen (secondary N) is 5. The molecular weight excluding hydrogens is 723 g/mol. The Morgan fingerprint density at radius 3 is 2.05 bits per heavy atom. The first-order valence-corrected chi connectivity index (χ1v) is 18.5. The molecule has 300 valence electrons. The van der Waals surface area contributed by atoms with Crippen molar-refractivity contribution in [2.24, 2.45) is 0 Å².